The van der Waals surface area contributed by atoms with Gasteiger partial charge in [0.1, 0.15) is 18.4 Å². The maximum absolute atomic E-state index is 13.2. The lowest BCUT2D eigenvalue weighted by molar-refractivity contribution is -0.136. The third-order valence-electron chi connectivity index (χ3n) is 9.65. The molecule has 6 aliphatic rings. The van der Waals surface area contributed by atoms with Crippen LogP contribution in [0, 0.1) is 17.8 Å². The summed E-state index contributed by atoms with van der Waals surface area (Å²) in [6, 6.07) is 3.73. The van der Waals surface area contributed by atoms with Gasteiger partial charge in [-0.15, -0.1) is 0 Å². The monoisotopic (exact) mass is 492 g/mol. The zero-order chi connectivity index (χ0) is 24.4. The van der Waals surface area contributed by atoms with Crippen LogP contribution in [-0.4, -0.2) is 72.4 Å². The molecule has 4 heterocycles. The van der Waals surface area contributed by atoms with Gasteiger partial charge in [-0.05, 0) is 61.1 Å². The number of anilines is 1. The molecule has 3 amide bonds. The largest absolute Gasteiger partial charge is 0.489 e. The summed E-state index contributed by atoms with van der Waals surface area (Å²) in [5, 5.41) is 2.38. The zero-order valence-electron chi connectivity index (χ0n) is 20.9. The lowest BCUT2D eigenvalue weighted by Gasteiger charge is -2.47. The summed E-state index contributed by atoms with van der Waals surface area (Å²) in [5.74, 6) is 2.79. The first kappa shape index (κ1) is 22.6. The minimum Gasteiger partial charge on any atom is -0.489 e. The number of nitrogens with zero attached hydrogens (tertiary/aromatic N) is 3. The first-order valence-corrected chi connectivity index (χ1v) is 13.9. The van der Waals surface area contributed by atoms with E-state index in [9.17, 15) is 14.4 Å². The molecule has 1 N–H and O–H groups in total. The summed E-state index contributed by atoms with van der Waals surface area (Å²) in [5.41, 5.74) is 2.65. The molecule has 8 nitrogen and oxygen atoms in total. The number of fused-ring (bicyclic) bond motifs is 6. The van der Waals surface area contributed by atoms with E-state index in [-0.39, 0.29) is 24.1 Å². The van der Waals surface area contributed by atoms with Crippen molar-refractivity contribution < 1.29 is 19.1 Å². The van der Waals surface area contributed by atoms with Crippen LogP contribution in [0.5, 0.6) is 5.75 Å². The van der Waals surface area contributed by atoms with Crippen LogP contribution in [0.25, 0.3) is 0 Å². The van der Waals surface area contributed by atoms with Crippen LogP contribution in [0.4, 0.5) is 5.69 Å². The Morgan fingerprint density at radius 3 is 2.61 bits per heavy atom. The van der Waals surface area contributed by atoms with E-state index in [2.05, 4.69) is 21.2 Å². The number of imide groups is 1. The van der Waals surface area contributed by atoms with Crippen molar-refractivity contribution in [3.8, 4) is 5.75 Å². The molecule has 0 spiro atoms. The number of rotatable bonds is 3. The van der Waals surface area contributed by atoms with E-state index in [4.69, 9.17) is 4.74 Å². The molecule has 8 heteroatoms. The number of ether oxygens (including phenoxy) is 1. The van der Waals surface area contributed by atoms with Crippen molar-refractivity contribution in [2.24, 2.45) is 17.8 Å². The number of hydrogen-bond donors (Lipinski definition) is 1. The highest BCUT2D eigenvalue weighted by molar-refractivity contribution is 6.05. The van der Waals surface area contributed by atoms with Gasteiger partial charge in [0.15, 0.2) is 0 Å². The molecule has 0 radical (unpaired) electrons. The lowest BCUT2D eigenvalue weighted by atomic mass is 9.68. The normalized spacial score (nSPS) is 34.0. The van der Waals surface area contributed by atoms with Gasteiger partial charge in [-0.3, -0.25) is 24.6 Å². The molecular formula is C28H36N4O4. The SMILES string of the molecule is O=C1CC[C@H](N2Cc3cc4c(cc3C2=O)OC[C@@H]2CN(CC3CC5CCCC(C5)C3)CCN42)C(=O)N1. The predicted octanol–water partition coefficient (Wildman–Crippen LogP) is 2.55. The van der Waals surface area contributed by atoms with Crippen LogP contribution < -0.4 is 15.0 Å². The van der Waals surface area contributed by atoms with Crippen LogP contribution >= 0.6 is 0 Å². The fourth-order valence-corrected chi connectivity index (χ4v) is 8.04. The lowest BCUT2D eigenvalue weighted by Crippen LogP contribution is -2.58. The van der Waals surface area contributed by atoms with Crippen LogP contribution in [0.15, 0.2) is 12.1 Å². The highest BCUT2D eigenvalue weighted by Gasteiger charge is 2.42. The quantitative estimate of drug-likeness (QED) is 0.653. The van der Waals surface area contributed by atoms with Crippen molar-refractivity contribution in [2.75, 3.05) is 37.7 Å². The zero-order valence-corrected chi connectivity index (χ0v) is 20.9. The minimum absolute atomic E-state index is 0.143. The number of nitrogens with one attached hydrogen (secondary N) is 1. The van der Waals surface area contributed by atoms with Gasteiger partial charge in [0.2, 0.25) is 11.8 Å². The summed E-state index contributed by atoms with van der Waals surface area (Å²) in [6.45, 7) is 5.35. The number of carbonyl (C=O) groups excluding carboxylic acids is 3. The molecule has 36 heavy (non-hydrogen) atoms. The molecule has 2 saturated carbocycles. The van der Waals surface area contributed by atoms with Crippen molar-refractivity contribution in [2.45, 2.75) is 70.0 Å². The molecule has 2 unspecified atom stereocenters. The summed E-state index contributed by atoms with van der Waals surface area (Å²) >= 11 is 0. The molecule has 1 aromatic rings. The number of piperidine rings is 1. The van der Waals surface area contributed by atoms with Gasteiger partial charge >= 0.3 is 0 Å². The first-order chi connectivity index (χ1) is 17.5. The Morgan fingerprint density at radius 1 is 0.972 bits per heavy atom. The second-order valence-electron chi connectivity index (χ2n) is 12.0. The van der Waals surface area contributed by atoms with Crippen molar-refractivity contribution in [3.63, 3.8) is 0 Å². The number of benzene rings is 1. The van der Waals surface area contributed by atoms with Crippen molar-refractivity contribution in [3.05, 3.63) is 23.3 Å². The molecule has 2 saturated heterocycles. The minimum atomic E-state index is -0.587. The maximum atomic E-state index is 13.2. The van der Waals surface area contributed by atoms with E-state index in [1.165, 1.54) is 45.1 Å². The third kappa shape index (κ3) is 3.88. The first-order valence-electron chi connectivity index (χ1n) is 13.9. The molecule has 2 aliphatic carbocycles. The average Bonchev–Trinajstić information content (AvgIpc) is 3.17. The Kier molecular flexibility index (Phi) is 5.49. The van der Waals surface area contributed by atoms with E-state index in [0.717, 1.165) is 54.4 Å². The van der Waals surface area contributed by atoms with Crippen LogP contribution in [0.3, 0.4) is 0 Å². The summed E-state index contributed by atoms with van der Waals surface area (Å²) in [7, 11) is 0. The molecule has 4 aliphatic heterocycles. The Labute approximate surface area is 212 Å². The van der Waals surface area contributed by atoms with Crippen LogP contribution in [-0.2, 0) is 16.1 Å². The Balaban J connectivity index is 1.04. The number of hydrogen-bond acceptors (Lipinski definition) is 6. The second kappa shape index (κ2) is 8.75. The highest BCUT2D eigenvalue weighted by atomic mass is 16.5. The van der Waals surface area contributed by atoms with Crippen molar-refractivity contribution in [1.29, 1.82) is 0 Å². The number of carbonyl (C=O) groups is 3. The summed E-state index contributed by atoms with van der Waals surface area (Å²) in [4.78, 5) is 43.9. The van der Waals surface area contributed by atoms with Gasteiger partial charge in [0.05, 0.1) is 11.7 Å². The predicted molar refractivity (Wildman–Crippen MR) is 134 cm³/mol. The van der Waals surface area contributed by atoms with Gasteiger partial charge in [-0.2, -0.15) is 0 Å². The van der Waals surface area contributed by atoms with Gasteiger partial charge in [0.25, 0.3) is 5.91 Å². The highest BCUT2D eigenvalue weighted by Crippen LogP contribution is 2.44. The molecular weight excluding hydrogens is 456 g/mol. The number of piperazine rings is 1. The Hall–Kier alpha value is -2.61. The van der Waals surface area contributed by atoms with Gasteiger partial charge < -0.3 is 14.5 Å². The molecule has 2 bridgehead atoms. The van der Waals surface area contributed by atoms with Gasteiger partial charge in [-0.1, -0.05) is 19.3 Å². The topological polar surface area (TPSA) is 82.2 Å². The molecule has 1 aromatic carbocycles. The van der Waals surface area contributed by atoms with E-state index >= 15 is 0 Å². The van der Waals surface area contributed by atoms with Gasteiger partial charge in [-0.25, -0.2) is 0 Å². The third-order valence-corrected chi connectivity index (χ3v) is 9.65. The second-order valence-corrected chi connectivity index (χ2v) is 12.0. The molecule has 4 fully saturated rings. The standard InChI is InChI=1S/C28H36N4O4/c33-26-5-4-23(27(34)29-26)32-14-20-11-24-25(12-22(20)28(32)35)36-16-21-15-30(6-7-31(21)24)13-19-9-17-2-1-3-18(8-17)10-19/h11-12,17-19,21,23H,1-10,13-16H2,(H,29,33,34)/t17?,18?,19?,21-,23-/m0/s1. The van der Waals surface area contributed by atoms with E-state index in [1.807, 2.05) is 6.07 Å². The Morgan fingerprint density at radius 2 is 1.81 bits per heavy atom. The number of amides is 3. The molecule has 0 aromatic heterocycles. The van der Waals surface area contributed by atoms with E-state index in [1.54, 1.807) is 4.90 Å². The molecule has 192 valence electrons. The average molecular weight is 493 g/mol. The smallest absolute Gasteiger partial charge is 0.255 e. The van der Waals surface area contributed by atoms with E-state index in [0.29, 0.717) is 31.2 Å². The fraction of sp³-hybridized carbons (Fsp3) is 0.679. The van der Waals surface area contributed by atoms with Crippen molar-refractivity contribution in [1.82, 2.24) is 15.1 Å². The maximum Gasteiger partial charge on any atom is 0.255 e. The summed E-state index contributed by atoms with van der Waals surface area (Å²) < 4.78 is 6.22. The van der Waals surface area contributed by atoms with Gasteiger partial charge in [0, 0.05) is 44.7 Å². The van der Waals surface area contributed by atoms with Crippen LogP contribution in [0.1, 0.15) is 67.3 Å². The molecule has 4 atom stereocenters. The fourth-order valence-electron chi connectivity index (χ4n) is 8.04. The Bertz CT molecular complexity index is 1090. The summed E-state index contributed by atoms with van der Waals surface area (Å²) in [6.07, 6.45) is 9.31. The van der Waals surface area contributed by atoms with Crippen LogP contribution in [0.2, 0.25) is 0 Å². The van der Waals surface area contributed by atoms with Crippen molar-refractivity contribution >= 4 is 23.4 Å². The van der Waals surface area contributed by atoms with E-state index < -0.39 is 6.04 Å². The molecule has 7 rings (SSSR count).